The van der Waals surface area contributed by atoms with Gasteiger partial charge in [0.2, 0.25) is 5.91 Å². The molecule has 0 aromatic heterocycles. The van der Waals surface area contributed by atoms with Crippen molar-refractivity contribution in [3.05, 3.63) is 39.3 Å². The van der Waals surface area contributed by atoms with Crippen molar-refractivity contribution >= 4 is 49.4 Å². The molecule has 0 unspecified atom stereocenters. The summed E-state index contributed by atoms with van der Waals surface area (Å²) in [5.74, 6) is -2.17. The smallest absolute Gasteiger partial charge is 0.307 e. The van der Waals surface area contributed by atoms with Crippen LogP contribution in [0.2, 0.25) is 0 Å². The predicted octanol–water partition coefficient (Wildman–Crippen LogP) is 3.67. The summed E-state index contributed by atoms with van der Waals surface area (Å²) in [4.78, 5) is 23.9. The number of aliphatic carboxylic acids is 1. The number of halogens is 2. The highest BCUT2D eigenvalue weighted by atomic mass is 79.9. The van der Waals surface area contributed by atoms with Gasteiger partial charge < -0.3 is 10.4 Å². The largest absolute Gasteiger partial charge is 0.481 e. The van der Waals surface area contributed by atoms with Crippen LogP contribution < -0.4 is 5.32 Å². The van der Waals surface area contributed by atoms with Gasteiger partial charge in [-0.15, -0.1) is 0 Å². The standard InChI is InChI=1S/C15H13Br2NO3/c16-10-4-3-9(6-11(10)17)18-14(19)12-7-1-2-8(5-7)13(12)15(20)21/h1-4,6-8,12-13H,5H2,(H,18,19)(H,20,21)/t7-,8-,12+,13-/m0/s1. The molecule has 0 radical (unpaired) electrons. The van der Waals surface area contributed by atoms with Crippen LogP contribution in [0.3, 0.4) is 0 Å². The Kier molecular flexibility index (Phi) is 3.92. The monoisotopic (exact) mass is 413 g/mol. The second-order valence-electron chi connectivity index (χ2n) is 5.46. The lowest BCUT2D eigenvalue weighted by molar-refractivity contribution is -0.146. The third-order valence-electron chi connectivity index (χ3n) is 4.23. The fourth-order valence-corrected chi connectivity index (χ4v) is 3.94. The number of anilines is 1. The Balaban J connectivity index is 1.80. The number of carbonyl (C=O) groups is 2. The van der Waals surface area contributed by atoms with Gasteiger partial charge in [-0.05, 0) is 68.3 Å². The molecule has 6 heteroatoms. The zero-order chi connectivity index (χ0) is 15.1. The van der Waals surface area contributed by atoms with Crippen molar-refractivity contribution in [3.63, 3.8) is 0 Å². The first-order chi connectivity index (χ1) is 9.97. The first-order valence-electron chi connectivity index (χ1n) is 6.64. The van der Waals surface area contributed by atoms with Gasteiger partial charge in [-0.2, -0.15) is 0 Å². The van der Waals surface area contributed by atoms with Crippen molar-refractivity contribution in [1.82, 2.24) is 0 Å². The third kappa shape index (κ3) is 2.66. The number of amides is 1. The van der Waals surface area contributed by atoms with E-state index in [2.05, 4.69) is 37.2 Å². The average molecular weight is 415 g/mol. The zero-order valence-electron chi connectivity index (χ0n) is 10.9. The predicted molar refractivity (Wildman–Crippen MR) is 85.8 cm³/mol. The molecule has 0 heterocycles. The summed E-state index contributed by atoms with van der Waals surface area (Å²) in [6.07, 6.45) is 4.67. The first kappa shape index (κ1) is 14.8. The molecule has 0 spiro atoms. The Labute approximate surface area is 138 Å². The number of benzene rings is 1. The fourth-order valence-electron chi connectivity index (χ4n) is 3.32. The SMILES string of the molecule is O=C(O)[C@@H]1[C@H](C(=O)Nc2ccc(Br)c(Br)c2)[C@H]2C=C[C@H]1C2. The van der Waals surface area contributed by atoms with Crippen LogP contribution in [0.1, 0.15) is 6.42 Å². The minimum atomic E-state index is -0.885. The molecule has 3 rings (SSSR count). The summed E-state index contributed by atoms with van der Waals surface area (Å²) in [6, 6.07) is 5.40. The highest BCUT2D eigenvalue weighted by molar-refractivity contribution is 9.13. The van der Waals surface area contributed by atoms with E-state index in [1.165, 1.54) is 0 Å². The van der Waals surface area contributed by atoms with E-state index in [9.17, 15) is 14.7 Å². The molecule has 1 aromatic carbocycles. The maximum absolute atomic E-state index is 12.5. The Bertz CT molecular complexity index is 644. The summed E-state index contributed by atoms with van der Waals surface area (Å²) in [5, 5.41) is 12.2. The van der Waals surface area contributed by atoms with Gasteiger partial charge in [0.05, 0.1) is 11.8 Å². The number of fused-ring (bicyclic) bond motifs is 2. The van der Waals surface area contributed by atoms with Crippen molar-refractivity contribution in [2.45, 2.75) is 6.42 Å². The second kappa shape index (κ2) is 5.57. The maximum Gasteiger partial charge on any atom is 0.307 e. The molecule has 4 atom stereocenters. The molecule has 2 N–H and O–H groups in total. The Morgan fingerprint density at radius 1 is 1.10 bits per heavy atom. The van der Waals surface area contributed by atoms with Crippen LogP contribution in [0.5, 0.6) is 0 Å². The number of hydrogen-bond donors (Lipinski definition) is 2. The molecule has 1 fully saturated rings. The number of allylic oxidation sites excluding steroid dienone is 2. The van der Waals surface area contributed by atoms with Gasteiger partial charge >= 0.3 is 5.97 Å². The highest BCUT2D eigenvalue weighted by Crippen LogP contribution is 2.48. The van der Waals surface area contributed by atoms with Crippen LogP contribution in [-0.4, -0.2) is 17.0 Å². The number of carboxylic acid groups (broad SMARTS) is 1. The number of nitrogens with one attached hydrogen (secondary N) is 1. The van der Waals surface area contributed by atoms with Gasteiger partial charge in [0.1, 0.15) is 0 Å². The number of carbonyl (C=O) groups excluding carboxylic acids is 1. The van der Waals surface area contributed by atoms with Gasteiger partial charge in [-0.3, -0.25) is 9.59 Å². The summed E-state index contributed by atoms with van der Waals surface area (Å²) in [7, 11) is 0. The fraction of sp³-hybridized carbons (Fsp3) is 0.333. The summed E-state index contributed by atoms with van der Waals surface area (Å²) in [6.45, 7) is 0. The first-order valence-corrected chi connectivity index (χ1v) is 8.23. The minimum absolute atomic E-state index is 0.0140. The van der Waals surface area contributed by atoms with Crippen LogP contribution >= 0.6 is 31.9 Å². The highest BCUT2D eigenvalue weighted by Gasteiger charge is 2.51. The quantitative estimate of drug-likeness (QED) is 0.741. The van der Waals surface area contributed by atoms with Crippen molar-refractivity contribution in [1.29, 1.82) is 0 Å². The van der Waals surface area contributed by atoms with Gasteiger partial charge in [0.25, 0.3) is 0 Å². The molecule has 2 aliphatic carbocycles. The number of rotatable bonds is 3. The maximum atomic E-state index is 12.5. The average Bonchev–Trinajstić information content (AvgIpc) is 3.03. The minimum Gasteiger partial charge on any atom is -0.481 e. The summed E-state index contributed by atoms with van der Waals surface area (Å²) in [5.41, 5.74) is 0.658. The topological polar surface area (TPSA) is 66.4 Å². The molecule has 2 aliphatic rings. The molecule has 1 saturated carbocycles. The van der Waals surface area contributed by atoms with E-state index >= 15 is 0 Å². The van der Waals surface area contributed by atoms with Crippen LogP contribution in [0.15, 0.2) is 39.3 Å². The van der Waals surface area contributed by atoms with E-state index in [-0.39, 0.29) is 17.7 Å². The lowest BCUT2D eigenvalue weighted by atomic mass is 9.82. The molecule has 1 aromatic rings. The van der Waals surface area contributed by atoms with E-state index in [0.29, 0.717) is 5.69 Å². The molecule has 110 valence electrons. The van der Waals surface area contributed by atoms with Crippen LogP contribution in [0, 0.1) is 23.7 Å². The van der Waals surface area contributed by atoms with Gasteiger partial charge in [0, 0.05) is 14.6 Å². The molecular weight excluding hydrogens is 402 g/mol. The normalized spacial score (nSPS) is 29.6. The molecule has 1 amide bonds. The molecular formula is C15H13Br2NO3. The number of hydrogen-bond acceptors (Lipinski definition) is 2. The van der Waals surface area contributed by atoms with Crippen molar-refractivity contribution in [2.24, 2.45) is 23.7 Å². The van der Waals surface area contributed by atoms with Crippen LogP contribution in [0.4, 0.5) is 5.69 Å². The zero-order valence-corrected chi connectivity index (χ0v) is 14.1. The lowest BCUT2D eigenvalue weighted by Crippen LogP contribution is -2.36. The molecule has 21 heavy (non-hydrogen) atoms. The lowest BCUT2D eigenvalue weighted by Gasteiger charge is -2.23. The molecule has 2 bridgehead atoms. The van der Waals surface area contributed by atoms with E-state index < -0.39 is 17.8 Å². The summed E-state index contributed by atoms with van der Waals surface area (Å²) < 4.78 is 1.73. The molecule has 0 saturated heterocycles. The van der Waals surface area contributed by atoms with E-state index in [0.717, 1.165) is 15.4 Å². The van der Waals surface area contributed by atoms with E-state index in [1.54, 1.807) is 12.1 Å². The van der Waals surface area contributed by atoms with Crippen molar-refractivity contribution in [2.75, 3.05) is 5.32 Å². The molecule has 0 aliphatic heterocycles. The Hall–Kier alpha value is -1.14. The third-order valence-corrected chi connectivity index (χ3v) is 6.11. The van der Waals surface area contributed by atoms with Gasteiger partial charge in [-0.25, -0.2) is 0 Å². The number of carboxylic acids is 1. The Morgan fingerprint density at radius 2 is 1.76 bits per heavy atom. The van der Waals surface area contributed by atoms with Gasteiger partial charge in [0.15, 0.2) is 0 Å². The van der Waals surface area contributed by atoms with Crippen molar-refractivity contribution < 1.29 is 14.7 Å². The van der Waals surface area contributed by atoms with E-state index in [4.69, 9.17) is 0 Å². The van der Waals surface area contributed by atoms with Gasteiger partial charge in [-0.1, -0.05) is 12.2 Å². The Morgan fingerprint density at radius 3 is 2.38 bits per heavy atom. The second-order valence-corrected chi connectivity index (χ2v) is 7.16. The molecule has 4 nitrogen and oxygen atoms in total. The van der Waals surface area contributed by atoms with Crippen LogP contribution in [0.25, 0.3) is 0 Å². The summed E-state index contributed by atoms with van der Waals surface area (Å²) >= 11 is 6.75. The van der Waals surface area contributed by atoms with E-state index in [1.807, 2.05) is 18.2 Å². The van der Waals surface area contributed by atoms with Crippen molar-refractivity contribution in [3.8, 4) is 0 Å². The van der Waals surface area contributed by atoms with Crippen LogP contribution in [-0.2, 0) is 9.59 Å².